The molecule has 0 radical (unpaired) electrons. The SMILES string of the molecule is O=C(CF)OC(=O)C(F)(F)F. The van der Waals surface area contributed by atoms with Crippen molar-refractivity contribution in [2.45, 2.75) is 6.18 Å². The molecular formula is C4H2F4O3. The third-order valence-corrected chi connectivity index (χ3v) is 0.547. The van der Waals surface area contributed by atoms with Crippen LogP contribution < -0.4 is 0 Å². The highest BCUT2D eigenvalue weighted by atomic mass is 19.4. The molecular weight excluding hydrogens is 172 g/mol. The summed E-state index contributed by atoms with van der Waals surface area (Å²) in [7, 11) is 0. The van der Waals surface area contributed by atoms with Crippen LogP contribution in [0.4, 0.5) is 17.6 Å². The van der Waals surface area contributed by atoms with E-state index in [1.54, 1.807) is 0 Å². The van der Waals surface area contributed by atoms with Crippen molar-refractivity contribution >= 4 is 11.9 Å². The minimum atomic E-state index is -5.26. The lowest BCUT2D eigenvalue weighted by Gasteiger charge is -2.02. The quantitative estimate of drug-likeness (QED) is 0.332. The van der Waals surface area contributed by atoms with E-state index in [0.29, 0.717) is 0 Å². The van der Waals surface area contributed by atoms with Crippen molar-refractivity contribution in [3.63, 3.8) is 0 Å². The van der Waals surface area contributed by atoms with Crippen LogP contribution in [-0.4, -0.2) is 24.8 Å². The second-order valence-electron chi connectivity index (χ2n) is 1.39. The molecule has 64 valence electrons. The molecule has 3 nitrogen and oxygen atoms in total. The van der Waals surface area contributed by atoms with Gasteiger partial charge in [0.2, 0.25) is 0 Å². The monoisotopic (exact) mass is 174 g/mol. The van der Waals surface area contributed by atoms with Gasteiger partial charge in [-0.2, -0.15) is 13.2 Å². The predicted octanol–water partition coefficient (Wildman–Crippen LogP) is 0.588. The Morgan fingerprint density at radius 3 is 2.00 bits per heavy atom. The van der Waals surface area contributed by atoms with Gasteiger partial charge < -0.3 is 4.74 Å². The van der Waals surface area contributed by atoms with E-state index in [0.717, 1.165) is 0 Å². The number of halogens is 4. The molecule has 0 spiro atoms. The second-order valence-corrected chi connectivity index (χ2v) is 1.39. The molecule has 0 fully saturated rings. The molecule has 0 aliphatic heterocycles. The topological polar surface area (TPSA) is 43.4 Å². The normalized spacial score (nSPS) is 10.9. The first-order chi connectivity index (χ1) is 4.88. The number of carbonyl (C=O) groups excluding carboxylic acids is 2. The molecule has 0 rings (SSSR count). The van der Waals surface area contributed by atoms with Crippen molar-refractivity contribution < 1.29 is 31.9 Å². The summed E-state index contributed by atoms with van der Waals surface area (Å²) in [5, 5.41) is 0. The molecule has 0 heterocycles. The van der Waals surface area contributed by atoms with Gasteiger partial charge in [-0.25, -0.2) is 14.0 Å². The van der Waals surface area contributed by atoms with Crippen molar-refractivity contribution in [1.82, 2.24) is 0 Å². The van der Waals surface area contributed by atoms with Crippen LogP contribution in [-0.2, 0) is 14.3 Å². The summed E-state index contributed by atoms with van der Waals surface area (Å²) in [6.07, 6.45) is -5.26. The molecule has 0 N–H and O–H groups in total. The fourth-order valence-electron chi connectivity index (χ4n) is 0.189. The fourth-order valence-corrected chi connectivity index (χ4v) is 0.189. The number of ether oxygens (including phenoxy) is 1. The summed E-state index contributed by atoms with van der Waals surface area (Å²) in [4.78, 5) is 19.5. The summed E-state index contributed by atoms with van der Waals surface area (Å²) in [6, 6.07) is 0. The Morgan fingerprint density at radius 2 is 1.73 bits per heavy atom. The zero-order valence-electron chi connectivity index (χ0n) is 4.94. The Kier molecular flexibility index (Phi) is 2.97. The second kappa shape index (κ2) is 3.31. The number of esters is 2. The lowest BCUT2D eigenvalue weighted by atomic mass is 10.6. The number of hydrogen-bond acceptors (Lipinski definition) is 3. The van der Waals surface area contributed by atoms with E-state index in [2.05, 4.69) is 4.74 Å². The van der Waals surface area contributed by atoms with Gasteiger partial charge in [0.05, 0.1) is 0 Å². The largest absolute Gasteiger partial charge is 0.491 e. The van der Waals surface area contributed by atoms with E-state index in [4.69, 9.17) is 0 Å². The zero-order valence-corrected chi connectivity index (χ0v) is 4.94. The van der Waals surface area contributed by atoms with Gasteiger partial charge in [0.1, 0.15) is 0 Å². The van der Waals surface area contributed by atoms with Crippen molar-refractivity contribution in [1.29, 1.82) is 0 Å². The van der Waals surface area contributed by atoms with Gasteiger partial charge in [0.15, 0.2) is 6.67 Å². The molecule has 0 aromatic rings. The first kappa shape index (κ1) is 9.86. The van der Waals surface area contributed by atoms with Gasteiger partial charge in [-0.05, 0) is 0 Å². The van der Waals surface area contributed by atoms with E-state index in [1.165, 1.54) is 0 Å². The Morgan fingerprint density at radius 1 is 1.27 bits per heavy atom. The molecule has 0 aliphatic carbocycles. The summed E-state index contributed by atoms with van der Waals surface area (Å²) >= 11 is 0. The van der Waals surface area contributed by atoms with Gasteiger partial charge >= 0.3 is 18.1 Å². The van der Waals surface area contributed by atoms with Gasteiger partial charge in [-0.15, -0.1) is 0 Å². The number of hydrogen-bond donors (Lipinski definition) is 0. The van der Waals surface area contributed by atoms with Crippen molar-refractivity contribution in [2.75, 3.05) is 6.67 Å². The van der Waals surface area contributed by atoms with E-state index < -0.39 is 24.8 Å². The molecule has 0 bridgehead atoms. The van der Waals surface area contributed by atoms with Crippen LogP contribution in [0.5, 0.6) is 0 Å². The maximum atomic E-state index is 11.2. The Bertz CT molecular complexity index is 173. The molecule has 0 unspecified atom stereocenters. The molecule has 0 aromatic heterocycles. The van der Waals surface area contributed by atoms with Gasteiger partial charge in [0, 0.05) is 0 Å². The molecule has 0 atom stereocenters. The van der Waals surface area contributed by atoms with Crippen LogP contribution in [0.2, 0.25) is 0 Å². The molecule has 0 saturated heterocycles. The van der Waals surface area contributed by atoms with Crippen molar-refractivity contribution in [3.8, 4) is 0 Å². The minimum absolute atomic E-state index is 1.76. The number of alkyl halides is 4. The van der Waals surface area contributed by atoms with E-state index >= 15 is 0 Å². The average Bonchev–Trinajstić information content (AvgIpc) is 1.85. The van der Waals surface area contributed by atoms with Crippen LogP contribution in [0.1, 0.15) is 0 Å². The Hall–Kier alpha value is -1.14. The Balaban J connectivity index is 3.99. The van der Waals surface area contributed by atoms with E-state index in [1.807, 2.05) is 0 Å². The number of rotatable bonds is 1. The number of carbonyl (C=O) groups is 2. The van der Waals surface area contributed by atoms with Crippen LogP contribution in [0, 0.1) is 0 Å². The minimum Gasteiger partial charge on any atom is -0.384 e. The van der Waals surface area contributed by atoms with E-state index in [-0.39, 0.29) is 0 Å². The Labute approximate surface area is 57.9 Å². The van der Waals surface area contributed by atoms with Gasteiger partial charge in [-0.1, -0.05) is 0 Å². The molecule has 0 aliphatic rings. The maximum Gasteiger partial charge on any atom is 0.491 e. The van der Waals surface area contributed by atoms with Crippen LogP contribution in [0.25, 0.3) is 0 Å². The first-order valence-corrected chi connectivity index (χ1v) is 2.25. The predicted molar refractivity (Wildman–Crippen MR) is 23.1 cm³/mol. The van der Waals surface area contributed by atoms with Crippen molar-refractivity contribution in [2.24, 2.45) is 0 Å². The molecule has 0 aromatic carbocycles. The molecule has 7 heteroatoms. The molecule has 0 amide bonds. The lowest BCUT2D eigenvalue weighted by molar-refractivity contribution is -0.202. The van der Waals surface area contributed by atoms with Crippen LogP contribution in [0.3, 0.4) is 0 Å². The van der Waals surface area contributed by atoms with Crippen LogP contribution >= 0.6 is 0 Å². The lowest BCUT2D eigenvalue weighted by Crippen LogP contribution is -2.28. The van der Waals surface area contributed by atoms with Crippen LogP contribution in [0.15, 0.2) is 0 Å². The molecule has 11 heavy (non-hydrogen) atoms. The third-order valence-electron chi connectivity index (χ3n) is 0.547. The highest BCUT2D eigenvalue weighted by Crippen LogP contribution is 2.16. The first-order valence-electron chi connectivity index (χ1n) is 2.25. The summed E-state index contributed by atoms with van der Waals surface area (Å²) < 4.78 is 47.7. The van der Waals surface area contributed by atoms with E-state index in [9.17, 15) is 27.2 Å². The summed E-state index contributed by atoms with van der Waals surface area (Å²) in [6.45, 7) is -1.76. The zero-order chi connectivity index (χ0) is 9.07. The van der Waals surface area contributed by atoms with Gasteiger partial charge in [-0.3, -0.25) is 0 Å². The fraction of sp³-hybridized carbons (Fsp3) is 0.500. The van der Waals surface area contributed by atoms with Crippen molar-refractivity contribution in [3.05, 3.63) is 0 Å². The van der Waals surface area contributed by atoms with Gasteiger partial charge in [0.25, 0.3) is 0 Å². The summed E-state index contributed by atoms with van der Waals surface area (Å²) in [5.41, 5.74) is 0. The highest BCUT2D eigenvalue weighted by Gasteiger charge is 2.42. The standard InChI is InChI=1S/C4H2F4O3/c5-1-2(9)11-3(10)4(6,7)8/h1H2. The summed E-state index contributed by atoms with van der Waals surface area (Å²) in [5.74, 6) is -4.56. The maximum absolute atomic E-state index is 11.2. The highest BCUT2D eigenvalue weighted by molar-refractivity contribution is 5.88. The smallest absolute Gasteiger partial charge is 0.384 e. The average molecular weight is 174 g/mol. The third kappa shape index (κ3) is 3.54. The molecule has 0 saturated carbocycles.